The van der Waals surface area contributed by atoms with E-state index in [0.717, 1.165) is 16.9 Å². The Labute approximate surface area is 173 Å². The van der Waals surface area contributed by atoms with Crippen LogP contribution in [0.2, 0.25) is 5.02 Å². The van der Waals surface area contributed by atoms with Crippen LogP contribution in [0.25, 0.3) is 11.0 Å². The normalized spacial score (nSPS) is 11.0. The van der Waals surface area contributed by atoms with E-state index in [4.69, 9.17) is 25.7 Å². The lowest BCUT2D eigenvalue weighted by Gasteiger charge is -2.17. The Hall–Kier alpha value is -3.25. The van der Waals surface area contributed by atoms with Crippen LogP contribution >= 0.6 is 11.6 Å². The molecule has 4 rings (SSSR count). The summed E-state index contributed by atoms with van der Waals surface area (Å²) in [6, 6.07) is 18.6. The average molecular weight is 410 g/mol. The molecule has 0 radical (unpaired) electrons. The van der Waals surface area contributed by atoms with Crippen LogP contribution < -0.4 is 4.74 Å². The summed E-state index contributed by atoms with van der Waals surface area (Å²) in [5, 5.41) is 0.576. The summed E-state index contributed by atoms with van der Waals surface area (Å²) in [4.78, 5) is 18.8. The van der Waals surface area contributed by atoms with Crippen LogP contribution in [-0.4, -0.2) is 34.0 Å². The lowest BCUT2D eigenvalue weighted by Crippen LogP contribution is -2.27. The first-order valence-electron chi connectivity index (χ1n) is 9.24. The van der Waals surface area contributed by atoms with Gasteiger partial charge in [-0.25, -0.2) is 4.98 Å². The van der Waals surface area contributed by atoms with Gasteiger partial charge in [-0.15, -0.1) is 0 Å². The van der Waals surface area contributed by atoms with Gasteiger partial charge in [0.1, 0.15) is 18.2 Å². The van der Waals surface area contributed by atoms with Crippen LogP contribution in [0.3, 0.4) is 0 Å². The second kappa shape index (κ2) is 8.41. The molecule has 7 heteroatoms. The first-order valence-corrected chi connectivity index (χ1v) is 9.61. The van der Waals surface area contributed by atoms with Crippen LogP contribution in [0.4, 0.5) is 0 Å². The summed E-state index contributed by atoms with van der Waals surface area (Å²) in [7, 11) is 1.73. The van der Waals surface area contributed by atoms with Crippen LogP contribution in [0, 0.1) is 0 Å². The number of nitrogens with zero attached hydrogens (tertiary/aromatic N) is 3. The van der Waals surface area contributed by atoms with Crippen molar-refractivity contribution in [2.45, 2.75) is 13.1 Å². The molecule has 2 aromatic carbocycles. The topological polar surface area (TPSA) is 60.5 Å². The molecule has 0 bridgehead atoms. The number of imidazole rings is 1. The highest BCUT2D eigenvalue weighted by molar-refractivity contribution is 6.32. The predicted molar refractivity (Wildman–Crippen MR) is 111 cm³/mol. The van der Waals surface area contributed by atoms with E-state index >= 15 is 0 Å². The van der Waals surface area contributed by atoms with Gasteiger partial charge < -0.3 is 18.6 Å². The van der Waals surface area contributed by atoms with Gasteiger partial charge in [0.2, 0.25) is 0 Å². The Morgan fingerprint density at radius 1 is 1.14 bits per heavy atom. The molecule has 148 valence electrons. The van der Waals surface area contributed by atoms with E-state index in [1.807, 2.05) is 42.5 Å². The Morgan fingerprint density at radius 3 is 2.72 bits per heavy atom. The second-order valence-electron chi connectivity index (χ2n) is 6.59. The lowest BCUT2D eigenvalue weighted by molar-refractivity contribution is 0.0748. The number of ether oxygens (including phenoxy) is 1. The van der Waals surface area contributed by atoms with Crippen molar-refractivity contribution in [2.75, 3.05) is 13.7 Å². The summed E-state index contributed by atoms with van der Waals surface area (Å²) < 4.78 is 13.1. The molecule has 0 saturated carbocycles. The maximum absolute atomic E-state index is 12.5. The third-order valence-corrected chi connectivity index (χ3v) is 4.91. The first-order chi connectivity index (χ1) is 14.1. The van der Waals surface area contributed by atoms with Crippen molar-refractivity contribution < 1.29 is 13.9 Å². The van der Waals surface area contributed by atoms with Crippen molar-refractivity contribution in [3.8, 4) is 5.75 Å². The number of fused-ring (bicyclic) bond motifs is 1. The number of halogens is 1. The summed E-state index contributed by atoms with van der Waals surface area (Å²) in [6.45, 7) is 1.34. The SMILES string of the molecule is CN(Cc1nc2ccccc2n1CCOc1ccccc1Cl)C(=O)c1ccco1. The molecule has 2 heterocycles. The third-order valence-electron chi connectivity index (χ3n) is 4.60. The van der Waals surface area contributed by atoms with Crippen molar-refractivity contribution in [1.82, 2.24) is 14.5 Å². The van der Waals surface area contributed by atoms with E-state index in [1.165, 1.54) is 6.26 Å². The van der Waals surface area contributed by atoms with Gasteiger partial charge in [0, 0.05) is 7.05 Å². The molecule has 1 amide bonds. The fourth-order valence-electron chi connectivity index (χ4n) is 3.18. The molecule has 6 nitrogen and oxygen atoms in total. The second-order valence-corrected chi connectivity index (χ2v) is 6.99. The summed E-state index contributed by atoms with van der Waals surface area (Å²) >= 11 is 6.17. The number of rotatable bonds is 7. The number of carbonyl (C=O) groups excluding carboxylic acids is 1. The Balaban J connectivity index is 1.54. The lowest BCUT2D eigenvalue weighted by atomic mass is 10.3. The molecule has 0 aliphatic carbocycles. The van der Waals surface area contributed by atoms with E-state index < -0.39 is 0 Å². The van der Waals surface area contributed by atoms with Gasteiger partial charge in [0.05, 0.1) is 35.4 Å². The van der Waals surface area contributed by atoms with Gasteiger partial charge in [0.15, 0.2) is 5.76 Å². The van der Waals surface area contributed by atoms with Gasteiger partial charge >= 0.3 is 0 Å². The Bertz CT molecular complexity index is 1120. The highest BCUT2D eigenvalue weighted by atomic mass is 35.5. The van der Waals surface area contributed by atoms with Gasteiger partial charge in [-0.05, 0) is 36.4 Å². The maximum Gasteiger partial charge on any atom is 0.289 e. The molecule has 0 N–H and O–H groups in total. The Morgan fingerprint density at radius 2 is 1.93 bits per heavy atom. The van der Waals surface area contributed by atoms with Crippen LogP contribution in [0.5, 0.6) is 5.75 Å². The predicted octanol–water partition coefficient (Wildman–Crippen LogP) is 4.63. The van der Waals surface area contributed by atoms with Gasteiger partial charge in [-0.1, -0.05) is 35.9 Å². The van der Waals surface area contributed by atoms with Crippen molar-refractivity contribution in [3.05, 3.63) is 83.5 Å². The number of para-hydroxylation sites is 3. The number of hydrogen-bond donors (Lipinski definition) is 0. The zero-order valence-electron chi connectivity index (χ0n) is 15.9. The molecule has 0 spiro atoms. The largest absolute Gasteiger partial charge is 0.490 e. The minimum absolute atomic E-state index is 0.194. The number of carbonyl (C=O) groups is 1. The number of hydrogen-bond acceptors (Lipinski definition) is 4. The van der Waals surface area contributed by atoms with E-state index in [0.29, 0.717) is 36.2 Å². The Kier molecular flexibility index (Phi) is 5.53. The van der Waals surface area contributed by atoms with Crippen molar-refractivity contribution in [3.63, 3.8) is 0 Å². The fourth-order valence-corrected chi connectivity index (χ4v) is 3.37. The minimum Gasteiger partial charge on any atom is -0.490 e. The highest BCUT2D eigenvalue weighted by Gasteiger charge is 2.18. The van der Waals surface area contributed by atoms with E-state index in [1.54, 1.807) is 30.1 Å². The molecule has 0 fully saturated rings. The van der Waals surface area contributed by atoms with Crippen molar-refractivity contribution in [1.29, 1.82) is 0 Å². The number of benzene rings is 2. The molecular weight excluding hydrogens is 390 g/mol. The first kappa shape index (κ1) is 19.1. The molecule has 0 aliphatic rings. The highest BCUT2D eigenvalue weighted by Crippen LogP contribution is 2.23. The summed E-state index contributed by atoms with van der Waals surface area (Å²) in [6.07, 6.45) is 1.49. The number of amides is 1. The summed E-state index contributed by atoms with van der Waals surface area (Å²) in [5.41, 5.74) is 1.86. The van der Waals surface area contributed by atoms with E-state index in [2.05, 4.69) is 4.57 Å². The monoisotopic (exact) mass is 409 g/mol. The van der Waals surface area contributed by atoms with E-state index in [9.17, 15) is 4.79 Å². The minimum atomic E-state index is -0.194. The fraction of sp³-hybridized carbons (Fsp3) is 0.182. The van der Waals surface area contributed by atoms with Crippen molar-refractivity contribution in [2.24, 2.45) is 0 Å². The van der Waals surface area contributed by atoms with Crippen molar-refractivity contribution >= 4 is 28.5 Å². The van der Waals surface area contributed by atoms with Gasteiger partial charge in [-0.2, -0.15) is 0 Å². The van der Waals surface area contributed by atoms with Crippen LogP contribution in [0.1, 0.15) is 16.4 Å². The van der Waals surface area contributed by atoms with Gasteiger partial charge in [0.25, 0.3) is 5.91 Å². The zero-order chi connectivity index (χ0) is 20.2. The van der Waals surface area contributed by atoms with Crippen LogP contribution in [0.15, 0.2) is 71.3 Å². The van der Waals surface area contributed by atoms with Crippen LogP contribution in [-0.2, 0) is 13.1 Å². The van der Waals surface area contributed by atoms with E-state index in [-0.39, 0.29) is 5.91 Å². The maximum atomic E-state index is 12.5. The average Bonchev–Trinajstić information content (AvgIpc) is 3.37. The zero-order valence-corrected chi connectivity index (χ0v) is 16.7. The molecule has 0 atom stereocenters. The number of aromatic nitrogens is 2. The molecule has 0 aliphatic heterocycles. The molecule has 29 heavy (non-hydrogen) atoms. The quantitative estimate of drug-likeness (QED) is 0.446. The molecule has 4 aromatic rings. The van der Waals surface area contributed by atoms with Gasteiger partial charge in [-0.3, -0.25) is 4.79 Å². The molecule has 0 saturated heterocycles. The third kappa shape index (κ3) is 4.12. The molecule has 2 aromatic heterocycles. The summed E-state index contributed by atoms with van der Waals surface area (Å²) in [5.74, 6) is 1.53. The standard InChI is InChI=1S/C22H20ClN3O3/c1-25(22(27)20-11-6-13-28-20)15-21-24-17-8-3-4-9-18(17)26(21)12-14-29-19-10-5-2-7-16(19)23/h2-11,13H,12,14-15H2,1H3. The molecule has 0 unspecified atom stereocenters. The number of furan rings is 1. The smallest absolute Gasteiger partial charge is 0.289 e. The molecular formula is C22H20ClN3O3.